The van der Waals surface area contributed by atoms with Gasteiger partial charge in [-0.1, -0.05) is 52.0 Å². The highest BCUT2D eigenvalue weighted by molar-refractivity contribution is 5.53. The molecule has 0 N–H and O–H groups in total. The van der Waals surface area contributed by atoms with Crippen molar-refractivity contribution in [1.29, 1.82) is 5.26 Å². The fourth-order valence-electron chi connectivity index (χ4n) is 4.93. The van der Waals surface area contributed by atoms with Crippen LogP contribution in [-0.2, 0) is 16.2 Å². The predicted octanol–water partition coefficient (Wildman–Crippen LogP) is 8.43. The summed E-state index contributed by atoms with van der Waals surface area (Å²) in [5.41, 5.74) is -1.52. The van der Waals surface area contributed by atoms with Gasteiger partial charge in [-0.15, -0.1) is 0 Å². The van der Waals surface area contributed by atoms with Crippen LogP contribution in [0.25, 0.3) is 4.85 Å². The van der Waals surface area contributed by atoms with E-state index in [0.717, 1.165) is 12.1 Å². The Balaban J connectivity index is 1.78. The van der Waals surface area contributed by atoms with Crippen molar-refractivity contribution in [3.63, 3.8) is 0 Å². The summed E-state index contributed by atoms with van der Waals surface area (Å²) in [5.74, 6) is -3.68. The van der Waals surface area contributed by atoms with Crippen molar-refractivity contribution in [1.82, 2.24) is 9.97 Å². The van der Waals surface area contributed by atoms with Crippen molar-refractivity contribution in [2.75, 3.05) is 0 Å². The number of halogens is 4. The molecule has 0 aliphatic heterocycles. The number of pyridine rings is 2. The van der Waals surface area contributed by atoms with Gasteiger partial charge in [-0.3, -0.25) is 9.97 Å². The SMILES string of the molecule is [C-]#[N+]c1c(F)ccc(C(C)(C)c2cccc(C(C)(C)c3cccc(C(C)(C)c4ccc(F)c(C#N)c4F)n3)n2)c1F. The standard InChI is InChI=1S/C33H28F4N4/c1-31(2,20-14-16-22(34)19(18-38)28(20)36)24-10-8-12-26(40-24)33(5,6)27-13-9-11-25(41-27)32(3,4)21-15-17-23(35)30(39-7)29(21)37/h8-17H,1-6H3. The van der Waals surface area contributed by atoms with Crippen molar-refractivity contribution in [3.8, 4) is 6.07 Å². The van der Waals surface area contributed by atoms with Crippen LogP contribution in [0.15, 0.2) is 60.7 Å². The van der Waals surface area contributed by atoms with Crippen molar-refractivity contribution in [3.05, 3.63) is 135 Å². The average Bonchev–Trinajstić information content (AvgIpc) is 2.93. The van der Waals surface area contributed by atoms with E-state index in [-0.39, 0.29) is 11.1 Å². The summed E-state index contributed by atoms with van der Waals surface area (Å²) in [4.78, 5) is 12.8. The van der Waals surface area contributed by atoms with Gasteiger partial charge in [0, 0.05) is 21.8 Å². The molecule has 2 aromatic heterocycles. The molecule has 4 rings (SSSR count). The van der Waals surface area contributed by atoms with Crippen LogP contribution in [-0.4, -0.2) is 9.97 Å². The Morgan fingerprint density at radius 1 is 0.634 bits per heavy atom. The highest BCUT2D eigenvalue weighted by Crippen LogP contribution is 2.39. The molecule has 0 spiro atoms. The van der Waals surface area contributed by atoms with Gasteiger partial charge < -0.3 is 0 Å². The highest BCUT2D eigenvalue weighted by atomic mass is 19.1. The molecule has 2 heterocycles. The van der Waals surface area contributed by atoms with Gasteiger partial charge in [0.1, 0.15) is 34.9 Å². The lowest BCUT2D eigenvalue weighted by Gasteiger charge is -2.31. The predicted molar refractivity (Wildman–Crippen MR) is 149 cm³/mol. The molecular formula is C33H28F4N4. The third-order valence-corrected chi connectivity index (χ3v) is 7.79. The minimum Gasteiger partial charge on any atom is -0.256 e. The van der Waals surface area contributed by atoms with Crippen LogP contribution in [0.2, 0.25) is 0 Å². The zero-order valence-electron chi connectivity index (χ0n) is 23.6. The van der Waals surface area contributed by atoms with Crippen molar-refractivity contribution >= 4 is 5.69 Å². The lowest BCUT2D eigenvalue weighted by Crippen LogP contribution is -2.29. The Labute approximate surface area is 237 Å². The third kappa shape index (κ3) is 4.95. The fraction of sp³-hybridized carbons (Fsp3) is 0.273. The fourth-order valence-corrected chi connectivity index (χ4v) is 4.93. The Morgan fingerprint density at radius 2 is 1.05 bits per heavy atom. The van der Waals surface area contributed by atoms with Gasteiger partial charge in [0.25, 0.3) is 5.69 Å². The molecule has 0 fully saturated rings. The lowest BCUT2D eigenvalue weighted by molar-refractivity contribution is 0.510. The molecule has 0 amide bonds. The van der Waals surface area contributed by atoms with Gasteiger partial charge in [-0.05, 0) is 55.8 Å². The Bertz CT molecular complexity index is 1620. The van der Waals surface area contributed by atoms with Crippen LogP contribution in [0.4, 0.5) is 23.2 Å². The van der Waals surface area contributed by atoms with Gasteiger partial charge in [-0.2, -0.15) is 5.26 Å². The lowest BCUT2D eigenvalue weighted by atomic mass is 9.78. The molecule has 208 valence electrons. The molecule has 41 heavy (non-hydrogen) atoms. The van der Waals surface area contributed by atoms with Crippen LogP contribution in [0.3, 0.4) is 0 Å². The summed E-state index contributed by atoms with van der Waals surface area (Å²) in [6.07, 6.45) is 0. The molecule has 0 aliphatic carbocycles. The van der Waals surface area contributed by atoms with E-state index in [1.54, 1.807) is 58.0 Å². The van der Waals surface area contributed by atoms with Gasteiger partial charge >= 0.3 is 0 Å². The molecule has 0 saturated carbocycles. The van der Waals surface area contributed by atoms with E-state index in [4.69, 9.17) is 16.5 Å². The molecule has 4 aromatic rings. The summed E-state index contributed by atoms with van der Waals surface area (Å²) in [5, 5.41) is 9.24. The van der Waals surface area contributed by atoms with Gasteiger partial charge in [0.05, 0.1) is 29.3 Å². The number of nitriles is 1. The number of rotatable bonds is 6. The minimum absolute atomic E-state index is 0.139. The smallest absolute Gasteiger partial charge is 0.256 e. The molecule has 0 aliphatic rings. The third-order valence-electron chi connectivity index (χ3n) is 7.79. The monoisotopic (exact) mass is 556 g/mol. The van der Waals surface area contributed by atoms with E-state index in [1.165, 1.54) is 12.1 Å². The van der Waals surface area contributed by atoms with Gasteiger partial charge in [-0.25, -0.2) is 22.4 Å². The largest absolute Gasteiger partial charge is 0.257 e. The van der Waals surface area contributed by atoms with Crippen molar-refractivity contribution in [2.24, 2.45) is 0 Å². The molecule has 4 nitrogen and oxygen atoms in total. The van der Waals surface area contributed by atoms with E-state index in [9.17, 15) is 14.0 Å². The quantitative estimate of drug-likeness (QED) is 0.177. The number of benzene rings is 2. The van der Waals surface area contributed by atoms with Crippen LogP contribution < -0.4 is 0 Å². The minimum atomic E-state index is -1.01. The Hall–Kier alpha value is -4.56. The molecular weight excluding hydrogens is 528 g/mol. The number of hydrogen-bond donors (Lipinski definition) is 0. The molecule has 0 radical (unpaired) electrons. The maximum Gasteiger partial charge on any atom is 0.257 e. The second kappa shape index (κ2) is 10.4. The Kier molecular flexibility index (Phi) is 7.50. The zero-order chi connectivity index (χ0) is 30.3. The first-order chi connectivity index (χ1) is 19.2. The topological polar surface area (TPSA) is 53.9 Å². The normalized spacial score (nSPS) is 12.1. The first-order valence-corrected chi connectivity index (χ1v) is 12.9. The van der Waals surface area contributed by atoms with Crippen molar-refractivity contribution < 1.29 is 17.6 Å². The van der Waals surface area contributed by atoms with Crippen LogP contribution in [0.5, 0.6) is 0 Å². The van der Waals surface area contributed by atoms with Gasteiger partial charge in [0.15, 0.2) is 0 Å². The molecule has 0 bridgehead atoms. The molecule has 0 atom stereocenters. The number of hydrogen-bond acceptors (Lipinski definition) is 3. The van der Waals surface area contributed by atoms with Crippen LogP contribution in [0, 0.1) is 41.2 Å². The van der Waals surface area contributed by atoms with E-state index in [2.05, 4.69) is 4.85 Å². The second-order valence-corrected chi connectivity index (χ2v) is 11.5. The number of aromatic nitrogens is 2. The van der Waals surface area contributed by atoms with E-state index < -0.39 is 50.8 Å². The molecule has 8 heteroatoms. The first kappa shape index (κ1) is 29.4. The van der Waals surface area contributed by atoms with Crippen molar-refractivity contribution in [2.45, 2.75) is 57.8 Å². The summed E-state index contributed by atoms with van der Waals surface area (Å²) in [6.45, 7) is 18.0. The summed E-state index contributed by atoms with van der Waals surface area (Å²) in [7, 11) is 0. The number of nitrogens with zero attached hydrogens (tertiary/aromatic N) is 4. The average molecular weight is 557 g/mol. The van der Waals surface area contributed by atoms with E-state index in [1.807, 2.05) is 26.0 Å². The molecule has 0 unspecified atom stereocenters. The molecule has 0 saturated heterocycles. The summed E-state index contributed by atoms with van der Waals surface area (Å²) >= 11 is 0. The maximum atomic E-state index is 15.2. The summed E-state index contributed by atoms with van der Waals surface area (Å²) < 4.78 is 58.3. The van der Waals surface area contributed by atoms with E-state index in [0.29, 0.717) is 22.8 Å². The van der Waals surface area contributed by atoms with Crippen LogP contribution >= 0.6 is 0 Å². The highest BCUT2D eigenvalue weighted by Gasteiger charge is 2.35. The second-order valence-electron chi connectivity index (χ2n) is 11.5. The summed E-state index contributed by atoms with van der Waals surface area (Å²) in [6, 6.07) is 17.1. The van der Waals surface area contributed by atoms with Gasteiger partial charge in [0.2, 0.25) is 0 Å². The first-order valence-electron chi connectivity index (χ1n) is 12.9. The Morgan fingerprint density at radius 3 is 1.49 bits per heavy atom. The van der Waals surface area contributed by atoms with Crippen LogP contribution in [0.1, 0.15) is 81.0 Å². The van der Waals surface area contributed by atoms with E-state index >= 15 is 8.78 Å². The molecule has 2 aromatic carbocycles. The zero-order valence-corrected chi connectivity index (χ0v) is 23.6. The maximum absolute atomic E-state index is 15.2.